The van der Waals surface area contributed by atoms with Crippen LogP contribution in [0.25, 0.3) is 0 Å². The van der Waals surface area contributed by atoms with Crippen LogP contribution in [-0.4, -0.2) is 18.5 Å². The number of halogens is 1. The smallest absolute Gasteiger partial charge is 0.320 e. The molecule has 6 heteroatoms. The third kappa shape index (κ3) is 4.25. The summed E-state index contributed by atoms with van der Waals surface area (Å²) >= 11 is 5.89. The molecule has 3 aromatic rings. The van der Waals surface area contributed by atoms with Crippen LogP contribution >= 0.6 is 11.6 Å². The lowest BCUT2D eigenvalue weighted by Crippen LogP contribution is -2.43. The van der Waals surface area contributed by atoms with E-state index in [2.05, 4.69) is 10.6 Å². The molecular formula is C23H20ClN3O2. The Balaban J connectivity index is 1.56. The molecule has 1 atom stereocenters. The first-order valence-electron chi connectivity index (χ1n) is 9.39. The highest BCUT2D eigenvalue weighted by atomic mass is 35.5. The maximum absolute atomic E-state index is 13.4. The van der Waals surface area contributed by atoms with Gasteiger partial charge in [0.15, 0.2) is 0 Å². The number of benzene rings is 3. The van der Waals surface area contributed by atoms with Crippen LogP contribution in [0.3, 0.4) is 0 Å². The van der Waals surface area contributed by atoms with E-state index in [-0.39, 0.29) is 5.91 Å². The molecule has 1 heterocycles. The van der Waals surface area contributed by atoms with Gasteiger partial charge in [-0.2, -0.15) is 0 Å². The quantitative estimate of drug-likeness (QED) is 0.655. The van der Waals surface area contributed by atoms with Gasteiger partial charge in [0.1, 0.15) is 6.04 Å². The van der Waals surface area contributed by atoms with Crippen LogP contribution in [-0.2, 0) is 11.2 Å². The predicted octanol–water partition coefficient (Wildman–Crippen LogP) is 4.79. The lowest BCUT2D eigenvalue weighted by Gasteiger charge is -2.25. The van der Waals surface area contributed by atoms with Crippen LogP contribution in [0.4, 0.5) is 16.2 Å². The van der Waals surface area contributed by atoms with Gasteiger partial charge in [-0.25, -0.2) is 4.79 Å². The highest BCUT2D eigenvalue weighted by Gasteiger charge is 2.32. The number of carbonyl (C=O) groups is 2. The summed E-state index contributed by atoms with van der Waals surface area (Å²) in [6, 6.07) is 22.7. The van der Waals surface area contributed by atoms with Crippen molar-refractivity contribution in [2.45, 2.75) is 12.5 Å². The lowest BCUT2D eigenvalue weighted by molar-refractivity contribution is -0.120. The van der Waals surface area contributed by atoms with Crippen LogP contribution in [0.5, 0.6) is 0 Å². The van der Waals surface area contributed by atoms with Crippen molar-refractivity contribution in [1.82, 2.24) is 5.32 Å². The van der Waals surface area contributed by atoms with Gasteiger partial charge in [0.2, 0.25) is 0 Å². The molecule has 5 nitrogen and oxygen atoms in total. The number of urea groups is 1. The molecule has 3 amide bonds. The number of nitrogens with one attached hydrogen (secondary N) is 2. The molecule has 0 aromatic heterocycles. The Hall–Kier alpha value is -3.31. The van der Waals surface area contributed by atoms with Crippen molar-refractivity contribution in [2.24, 2.45) is 0 Å². The van der Waals surface area contributed by atoms with Crippen LogP contribution in [0, 0.1) is 0 Å². The number of fused-ring (bicyclic) bond motifs is 1. The Morgan fingerprint density at radius 1 is 0.897 bits per heavy atom. The van der Waals surface area contributed by atoms with Gasteiger partial charge in [0.25, 0.3) is 5.91 Å². The molecule has 0 saturated carbocycles. The first-order chi connectivity index (χ1) is 14.1. The molecule has 1 aliphatic heterocycles. The second-order valence-electron chi connectivity index (χ2n) is 6.82. The summed E-state index contributed by atoms with van der Waals surface area (Å²) in [4.78, 5) is 27.8. The van der Waals surface area contributed by atoms with Crippen LogP contribution < -0.4 is 15.5 Å². The highest BCUT2D eigenvalue weighted by molar-refractivity contribution is 6.30. The number of hydrogen-bond acceptors (Lipinski definition) is 2. The number of carbonyl (C=O) groups excluding carboxylic acids is 2. The number of hydrogen-bond donors (Lipinski definition) is 2. The number of para-hydroxylation sites is 1. The second-order valence-corrected chi connectivity index (χ2v) is 7.25. The van der Waals surface area contributed by atoms with Gasteiger partial charge in [-0.15, -0.1) is 0 Å². The first kappa shape index (κ1) is 19.0. The Kier molecular flexibility index (Phi) is 5.49. The molecule has 0 unspecified atom stereocenters. The number of anilines is 2. The first-order valence-corrected chi connectivity index (χ1v) is 9.77. The molecule has 1 aliphatic rings. The SMILES string of the molecule is O=C(Nc1ccc(Cl)cc1)N[C@@H](C(=O)N1CCc2ccccc21)c1ccccc1. The average Bonchev–Trinajstić information content (AvgIpc) is 3.18. The van der Waals surface area contributed by atoms with Gasteiger partial charge in [0, 0.05) is 22.9 Å². The standard InChI is InChI=1S/C23H20ClN3O2/c24-18-10-12-19(13-11-18)25-23(29)26-21(17-7-2-1-3-8-17)22(28)27-15-14-16-6-4-5-9-20(16)27/h1-13,21H,14-15H2,(H2,25,26,29)/t21-/m1/s1. The molecule has 0 radical (unpaired) electrons. The molecule has 0 bridgehead atoms. The summed E-state index contributed by atoms with van der Waals surface area (Å²) in [7, 11) is 0. The molecule has 29 heavy (non-hydrogen) atoms. The molecule has 3 aromatic carbocycles. The fourth-order valence-electron chi connectivity index (χ4n) is 3.49. The minimum Gasteiger partial charge on any atom is -0.322 e. The van der Waals surface area contributed by atoms with Gasteiger partial charge >= 0.3 is 6.03 Å². The number of nitrogens with zero attached hydrogens (tertiary/aromatic N) is 1. The molecular weight excluding hydrogens is 386 g/mol. The molecule has 146 valence electrons. The van der Waals surface area contributed by atoms with Crippen LogP contribution in [0.15, 0.2) is 78.9 Å². The zero-order chi connectivity index (χ0) is 20.2. The highest BCUT2D eigenvalue weighted by Crippen LogP contribution is 2.30. The van der Waals surface area contributed by atoms with E-state index in [1.807, 2.05) is 54.6 Å². The molecule has 0 saturated heterocycles. The summed E-state index contributed by atoms with van der Waals surface area (Å²) < 4.78 is 0. The number of amides is 3. The molecule has 4 rings (SSSR count). The van der Waals surface area contributed by atoms with E-state index in [9.17, 15) is 9.59 Å². The van der Waals surface area contributed by atoms with Gasteiger partial charge in [0.05, 0.1) is 0 Å². The summed E-state index contributed by atoms with van der Waals surface area (Å²) in [5.74, 6) is -0.160. The Bertz CT molecular complexity index is 1020. The normalized spacial score (nSPS) is 13.5. The third-order valence-corrected chi connectivity index (χ3v) is 5.16. The minimum absolute atomic E-state index is 0.160. The van der Waals surface area contributed by atoms with Crippen LogP contribution in [0.1, 0.15) is 17.2 Å². The fraction of sp³-hybridized carbons (Fsp3) is 0.130. The average molecular weight is 406 g/mol. The summed E-state index contributed by atoms with van der Waals surface area (Å²) in [5, 5.41) is 6.17. The van der Waals surface area contributed by atoms with Gasteiger partial charge in [-0.3, -0.25) is 4.79 Å². The van der Waals surface area contributed by atoms with Gasteiger partial charge in [-0.1, -0.05) is 60.1 Å². The van der Waals surface area contributed by atoms with Crippen molar-refractivity contribution < 1.29 is 9.59 Å². The van der Waals surface area contributed by atoms with E-state index in [1.165, 1.54) is 0 Å². The maximum atomic E-state index is 13.4. The fourth-order valence-corrected chi connectivity index (χ4v) is 3.61. The van der Waals surface area contributed by atoms with E-state index < -0.39 is 12.1 Å². The monoisotopic (exact) mass is 405 g/mol. The van der Waals surface area contributed by atoms with Crippen molar-refractivity contribution in [1.29, 1.82) is 0 Å². The molecule has 0 aliphatic carbocycles. The molecule has 0 spiro atoms. The van der Waals surface area contributed by atoms with Crippen LogP contribution in [0.2, 0.25) is 5.02 Å². The van der Waals surface area contributed by atoms with Crippen molar-refractivity contribution in [3.8, 4) is 0 Å². The van der Waals surface area contributed by atoms with Gasteiger partial charge < -0.3 is 15.5 Å². The lowest BCUT2D eigenvalue weighted by atomic mass is 10.1. The zero-order valence-corrected chi connectivity index (χ0v) is 16.4. The topological polar surface area (TPSA) is 61.4 Å². The van der Waals surface area contributed by atoms with E-state index in [1.54, 1.807) is 29.2 Å². The second kappa shape index (κ2) is 8.37. The van der Waals surface area contributed by atoms with Crippen molar-refractivity contribution in [3.63, 3.8) is 0 Å². The Labute approximate surface area is 174 Å². The van der Waals surface area contributed by atoms with E-state index in [0.717, 1.165) is 23.2 Å². The Morgan fingerprint density at radius 2 is 1.59 bits per heavy atom. The summed E-state index contributed by atoms with van der Waals surface area (Å²) in [6.07, 6.45) is 0.806. The zero-order valence-electron chi connectivity index (χ0n) is 15.6. The largest absolute Gasteiger partial charge is 0.322 e. The van der Waals surface area contributed by atoms with Crippen molar-refractivity contribution >= 4 is 34.9 Å². The minimum atomic E-state index is -0.797. The summed E-state index contributed by atoms with van der Waals surface area (Å²) in [5.41, 5.74) is 3.36. The van der Waals surface area contributed by atoms with E-state index >= 15 is 0 Å². The molecule has 2 N–H and O–H groups in total. The maximum Gasteiger partial charge on any atom is 0.320 e. The summed E-state index contributed by atoms with van der Waals surface area (Å²) in [6.45, 7) is 0.599. The molecule has 0 fully saturated rings. The van der Waals surface area contributed by atoms with Gasteiger partial charge in [-0.05, 0) is 47.9 Å². The van der Waals surface area contributed by atoms with E-state index in [0.29, 0.717) is 17.3 Å². The van der Waals surface area contributed by atoms with Crippen molar-refractivity contribution in [3.05, 3.63) is 95.0 Å². The van der Waals surface area contributed by atoms with E-state index in [4.69, 9.17) is 11.6 Å². The predicted molar refractivity (Wildman–Crippen MR) is 115 cm³/mol. The number of rotatable bonds is 4. The Morgan fingerprint density at radius 3 is 2.34 bits per heavy atom. The third-order valence-electron chi connectivity index (χ3n) is 4.91. The van der Waals surface area contributed by atoms with Crippen molar-refractivity contribution in [2.75, 3.05) is 16.8 Å².